The fourth-order valence-electron chi connectivity index (χ4n) is 1.95. The molecule has 0 atom stereocenters. The molecule has 1 aromatic carbocycles. The number of amidine groups is 1. The van der Waals surface area contributed by atoms with Gasteiger partial charge >= 0.3 is 0 Å². The lowest BCUT2D eigenvalue weighted by atomic mass is 10.1. The van der Waals surface area contributed by atoms with Crippen LogP contribution >= 0.6 is 0 Å². The maximum absolute atomic E-state index is 14.1. The van der Waals surface area contributed by atoms with E-state index in [2.05, 4.69) is 0 Å². The van der Waals surface area contributed by atoms with Crippen molar-refractivity contribution in [2.75, 3.05) is 38.6 Å². The van der Waals surface area contributed by atoms with Crippen LogP contribution in [0.15, 0.2) is 12.1 Å². The number of halogens is 2. The zero-order valence-corrected chi connectivity index (χ0v) is 12.2. The summed E-state index contributed by atoms with van der Waals surface area (Å²) < 4.78 is 28.2. The minimum absolute atomic E-state index is 0.0429. The quantitative estimate of drug-likeness (QED) is 0.595. The molecule has 1 rings (SSSR count). The van der Waals surface area contributed by atoms with Gasteiger partial charge in [-0.1, -0.05) is 6.92 Å². The van der Waals surface area contributed by atoms with Gasteiger partial charge < -0.3 is 15.5 Å². The van der Waals surface area contributed by atoms with E-state index in [1.165, 1.54) is 0 Å². The molecule has 0 fully saturated rings. The number of nitrogens with two attached hydrogens (primary N) is 1. The summed E-state index contributed by atoms with van der Waals surface area (Å²) >= 11 is 0. The van der Waals surface area contributed by atoms with E-state index in [1.54, 1.807) is 4.90 Å². The van der Waals surface area contributed by atoms with Crippen molar-refractivity contribution in [3.63, 3.8) is 0 Å². The van der Waals surface area contributed by atoms with E-state index in [0.717, 1.165) is 18.6 Å². The molecule has 0 heterocycles. The molecule has 4 nitrogen and oxygen atoms in total. The van der Waals surface area contributed by atoms with E-state index in [-0.39, 0.29) is 17.1 Å². The van der Waals surface area contributed by atoms with Crippen LogP contribution in [0.5, 0.6) is 0 Å². The maximum atomic E-state index is 14.1. The van der Waals surface area contributed by atoms with Gasteiger partial charge in [-0.15, -0.1) is 0 Å². The molecule has 6 heteroatoms. The topological polar surface area (TPSA) is 56.4 Å². The molecule has 0 unspecified atom stereocenters. The number of benzene rings is 1. The van der Waals surface area contributed by atoms with Gasteiger partial charge in [0, 0.05) is 25.2 Å². The second-order valence-corrected chi connectivity index (χ2v) is 4.99. The van der Waals surface area contributed by atoms with Crippen molar-refractivity contribution in [3.05, 3.63) is 29.3 Å². The van der Waals surface area contributed by atoms with E-state index in [0.29, 0.717) is 19.6 Å². The van der Waals surface area contributed by atoms with E-state index < -0.39 is 11.6 Å². The maximum Gasteiger partial charge on any atom is 0.150 e. The van der Waals surface area contributed by atoms with E-state index >= 15 is 0 Å². The molecule has 0 aromatic heterocycles. The number of hydrogen-bond acceptors (Lipinski definition) is 3. The first-order valence-electron chi connectivity index (χ1n) is 6.60. The highest BCUT2D eigenvalue weighted by atomic mass is 19.1. The Morgan fingerprint density at radius 1 is 1.15 bits per heavy atom. The monoisotopic (exact) mass is 284 g/mol. The van der Waals surface area contributed by atoms with Crippen LogP contribution in [0, 0.1) is 17.0 Å². The standard InChI is InChI=1S/C14H22F2N4/c1-4-5-20(7-6-19(2)3)13-11(15)8-10(14(17)18)9-12(13)16/h8-9H,4-7H2,1-3H3,(H3,17,18). The molecule has 1 aromatic rings. The highest BCUT2D eigenvalue weighted by molar-refractivity contribution is 5.95. The molecular weight excluding hydrogens is 262 g/mol. The van der Waals surface area contributed by atoms with Crippen LogP contribution in [0.4, 0.5) is 14.5 Å². The Morgan fingerprint density at radius 2 is 1.70 bits per heavy atom. The SMILES string of the molecule is CCCN(CCN(C)C)c1c(F)cc(C(=N)N)cc1F. The number of rotatable bonds is 7. The third-order valence-electron chi connectivity index (χ3n) is 2.95. The van der Waals surface area contributed by atoms with Crippen molar-refractivity contribution >= 4 is 11.5 Å². The molecule has 3 N–H and O–H groups in total. The Morgan fingerprint density at radius 3 is 2.10 bits per heavy atom. The second-order valence-electron chi connectivity index (χ2n) is 4.99. The van der Waals surface area contributed by atoms with Crippen LogP contribution in [0.25, 0.3) is 0 Å². The smallest absolute Gasteiger partial charge is 0.150 e. The molecule has 0 aliphatic rings. The predicted molar refractivity (Wildman–Crippen MR) is 78.4 cm³/mol. The molecule has 0 spiro atoms. The summed E-state index contributed by atoms with van der Waals surface area (Å²) in [4.78, 5) is 3.65. The lowest BCUT2D eigenvalue weighted by molar-refractivity contribution is 0.410. The summed E-state index contributed by atoms with van der Waals surface area (Å²) in [6.45, 7) is 3.77. The first-order valence-corrected chi connectivity index (χ1v) is 6.60. The predicted octanol–water partition coefficient (Wildman–Crippen LogP) is 2.03. The van der Waals surface area contributed by atoms with Gasteiger partial charge in [0.15, 0.2) is 0 Å². The minimum Gasteiger partial charge on any atom is -0.384 e. The Kier molecular flexibility index (Phi) is 5.88. The van der Waals surface area contributed by atoms with Gasteiger partial charge in [0.05, 0.1) is 0 Å². The number of anilines is 1. The number of nitrogens with one attached hydrogen (secondary N) is 1. The van der Waals surface area contributed by atoms with Crippen molar-refractivity contribution in [1.29, 1.82) is 5.41 Å². The van der Waals surface area contributed by atoms with Gasteiger partial charge in [-0.3, -0.25) is 5.41 Å². The molecule has 0 saturated heterocycles. The first kappa shape index (κ1) is 16.4. The fraction of sp³-hybridized carbons (Fsp3) is 0.500. The lowest BCUT2D eigenvalue weighted by Gasteiger charge is -2.27. The summed E-state index contributed by atoms with van der Waals surface area (Å²) in [5, 5.41) is 7.25. The molecule has 0 amide bonds. The third kappa shape index (κ3) is 4.16. The number of hydrogen-bond donors (Lipinski definition) is 2. The van der Waals surface area contributed by atoms with Gasteiger partial charge in [0.1, 0.15) is 23.2 Å². The third-order valence-corrected chi connectivity index (χ3v) is 2.95. The molecular formula is C14H22F2N4. The van der Waals surface area contributed by atoms with Gasteiger partial charge in [-0.05, 0) is 32.6 Å². The molecule has 0 radical (unpaired) electrons. The van der Waals surface area contributed by atoms with Gasteiger partial charge in [-0.25, -0.2) is 8.78 Å². The lowest BCUT2D eigenvalue weighted by Crippen LogP contribution is -2.33. The van der Waals surface area contributed by atoms with E-state index in [1.807, 2.05) is 25.9 Å². The normalized spacial score (nSPS) is 10.9. The molecule has 20 heavy (non-hydrogen) atoms. The Balaban J connectivity index is 3.09. The average molecular weight is 284 g/mol. The van der Waals surface area contributed by atoms with Crippen molar-refractivity contribution in [1.82, 2.24) is 4.90 Å². The van der Waals surface area contributed by atoms with Crippen LogP contribution in [-0.4, -0.2) is 44.5 Å². The van der Waals surface area contributed by atoms with Gasteiger partial charge in [-0.2, -0.15) is 0 Å². The highest BCUT2D eigenvalue weighted by Crippen LogP contribution is 2.25. The largest absolute Gasteiger partial charge is 0.384 e. The zero-order valence-electron chi connectivity index (χ0n) is 12.2. The van der Waals surface area contributed by atoms with Crippen molar-refractivity contribution in [2.45, 2.75) is 13.3 Å². The highest BCUT2D eigenvalue weighted by Gasteiger charge is 2.18. The Labute approximate surface area is 118 Å². The Hall–Kier alpha value is -1.69. The van der Waals surface area contributed by atoms with E-state index in [4.69, 9.17) is 11.1 Å². The van der Waals surface area contributed by atoms with E-state index in [9.17, 15) is 8.78 Å². The van der Waals surface area contributed by atoms with Gasteiger partial charge in [0.2, 0.25) is 0 Å². The molecule has 0 aliphatic carbocycles. The Bertz CT molecular complexity index is 451. The molecule has 0 aliphatic heterocycles. The number of likely N-dealkylation sites (N-methyl/N-ethyl adjacent to an activating group) is 1. The zero-order chi connectivity index (χ0) is 15.3. The summed E-state index contributed by atoms with van der Waals surface area (Å²) in [6.07, 6.45) is 0.792. The van der Waals surface area contributed by atoms with Crippen molar-refractivity contribution in [2.24, 2.45) is 5.73 Å². The summed E-state index contributed by atoms with van der Waals surface area (Å²) in [6, 6.07) is 2.22. The minimum atomic E-state index is -0.678. The summed E-state index contributed by atoms with van der Waals surface area (Å²) in [5.74, 6) is -1.70. The van der Waals surface area contributed by atoms with Crippen LogP contribution < -0.4 is 10.6 Å². The fourth-order valence-corrected chi connectivity index (χ4v) is 1.95. The second kappa shape index (κ2) is 7.19. The van der Waals surface area contributed by atoms with Crippen LogP contribution in [0.1, 0.15) is 18.9 Å². The number of nitrogens with zero attached hydrogens (tertiary/aromatic N) is 2. The molecule has 0 saturated carbocycles. The summed E-state index contributed by atoms with van der Waals surface area (Å²) in [5.41, 5.74) is 5.28. The van der Waals surface area contributed by atoms with Crippen LogP contribution in [0.2, 0.25) is 0 Å². The first-order chi connectivity index (χ1) is 9.36. The molecule has 0 bridgehead atoms. The number of nitrogen functional groups attached to an aromatic ring is 1. The van der Waals surface area contributed by atoms with Crippen molar-refractivity contribution < 1.29 is 8.78 Å². The molecule has 112 valence electrons. The average Bonchev–Trinajstić information content (AvgIpc) is 2.34. The van der Waals surface area contributed by atoms with Gasteiger partial charge in [0.25, 0.3) is 0 Å². The van der Waals surface area contributed by atoms with Crippen LogP contribution in [-0.2, 0) is 0 Å². The summed E-state index contributed by atoms with van der Waals surface area (Å²) in [7, 11) is 3.82. The van der Waals surface area contributed by atoms with Crippen molar-refractivity contribution in [3.8, 4) is 0 Å². The van der Waals surface area contributed by atoms with Crippen LogP contribution in [0.3, 0.4) is 0 Å².